The molecule has 5 heteroatoms. The first kappa shape index (κ1) is 12.0. The molecular weight excluding hydrogens is 240 g/mol. The summed E-state index contributed by atoms with van der Waals surface area (Å²) in [5.74, 6) is 2.06. The Morgan fingerprint density at radius 3 is 2.59 bits per heavy atom. The Bertz CT molecular complexity index is 510. The lowest BCUT2D eigenvalue weighted by atomic mass is 10.2. The van der Waals surface area contributed by atoms with E-state index in [0.29, 0.717) is 17.4 Å². The summed E-state index contributed by atoms with van der Waals surface area (Å²) in [7, 11) is 3.25. The lowest BCUT2D eigenvalue weighted by Gasteiger charge is -2.08. The second kappa shape index (κ2) is 5.27. The van der Waals surface area contributed by atoms with Crippen molar-refractivity contribution in [2.24, 2.45) is 0 Å². The molecule has 2 rings (SSSR count). The molecule has 17 heavy (non-hydrogen) atoms. The van der Waals surface area contributed by atoms with Crippen molar-refractivity contribution in [3.8, 4) is 11.5 Å². The van der Waals surface area contributed by atoms with Crippen molar-refractivity contribution in [2.45, 2.75) is 13.0 Å². The van der Waals surface area contributed by atoms with E-state index in [0.717, 1.165) is 24.0 Å². The third-order valence-electron chi connectivity index (χ3n) is 2.66. The second-order valence-electron chi connectivity index (χ2n) is 3.68. The number of imidazole rings is 1. The SMILES string of the molecule is COc1cc2ncn(CCCCl)c2cc1OC. The maximum Gasteiger partial charge on any atom is 0.163 e. The molecule has 0 fully saturated rings. The summed E-state index contributed by atoms with van der Waals surface area (Å²) in [5, 5.41) is 0. The Balaban J connectivity index is 2.45. The van der Waals surface area contributed by atoms with Gasteiger partial charge >= 0.3 is 0 Å². The van der Waals surface area contributed by atoms with Crippen molar-refractivity contribution in [1.82, 2.24) is 9.55 Å². The quantitative estimate of drug-likeness (QED) is 0.770. The summed E-state index contributed by atoms with van der Waals surface area (Å²) >= 11 is 5.70. The first-order valence-corrected chi connectivity index (χ1v) is 5.96. The summed E-state index contributed by atoms with van der Waals surface area (Å²) in [4.78, 5) is 4.34. The second-order valence-corrected chi connectivity index (χ2v) is 4.05. The standard InChI is InChI=1S/C12H15ClN2O2/c1-16-11-6-9-10(7-12(11)17-2)15(8-14-9)5-3-4-13/h6-8H,3-5H2,1-2H3. The van der Waals surface area contributed by atoms with Gasteiger partial charge in [0.15, 0.2) is 11.5 Å². The van der Waals surface area contributed by atoms with E-state index in [2.05, 4.69) is 9.55 Å². The number of alkyl halides is 1. The number of rotatable bonds is 5. The van der Waals surface area contributed by atoms with Crippen LogP contribution in [0.2, 0.25) is 0 Å². The number of fused-ring (bicyclic) bond motifs is 1. The van der Waals surface area contributed by atoms with E-state index in [1.807, 2.05) is 18.5 Å². The molecule has 2 aromatic rings. The maximum absolute atomic E-state index is 5.70. The van der Waals surface area contributed by atoms with Crippen LogP contribution in [0.15, 0.2) is 18.5 Å². The maximum atomic E-state index is 5.70. The van der Waals surface area contributed by atoms with Gasteiger partial charge in [0.2, 0.25) is 0 Å². The van der Waals surface area contributed by atoms with Gasteiger partial charge < -0.3 is 14.0 Å². The van der Waals surface area contributed by atoms with E-state index in [1.165, 1.54) is 0 Å². The molecule has 0 spiro atoms. The van der Waals surface area contributed by atoms with Gasteiger partial charge in [-0.3, -0.25) is 0 Å². The van der Waals surface area contributed by atoms with Crippen LogP contribution in [0.1, 0.15) is 6.42 Å². The molecule has 4 nitrogen and oxygen atoms in total. The molecule has 0 amide bonds. The van der Waals surface area contributed by atoms with Crippen molar-refractivity contribution in [1.29, 1.82) is 0 Å². The van der Waals surface area contributed by atoms with Crippen LogP contribution in [0.4, 0.5) is 0 Å². The minimum atomic E-state index is 0.646. The molecule has 92 valence electrons. The molecule has 0 atom stereocenters. The summed E-state index contributed by atoms with van der Waals surface area (Å²) < 4.78 is 12.6. The molecular formula is C12H15ClN2O2. The van der Waals surface area contributed by atoms with Crippen molar-refractivity contribution < 1.29 is 9.47 Å². The Morgan fingerprint density at radius 2 is 1.94 bits per heavy atom. The minimum absolute atomic E-state index is 0.646. The first-order chi connectivity index (χ1) is 8.30. The monoisotopic (exact) mass is 254 g/mol. The fraction of sp³-hybridized carbons (Fsp3) is 0.417. The minimum Gasteiger partial charge on any atom is -0.493 e. The van der Waals surface area contributed by atoms with Crippen molar-refractivity contribution in [2.75, 3.05) is 20.1 Å². The smallest absolute Gasteiger partial charge is 0.163 e. The van der Waals surface area contributed by atoms with Gasteiger partial charge in [0.05, 0.1) is 31.6 Å². The van der Waals surface area contributed by atoms with E-state index in [1.54, 1.807) is 14.2 Å². The molecule has 0 aliphatic heterocycles. The number of hydrogen-bond acceptors (Lipinski definition) is 3. The number of hydrogen-bond donors (Lipinski definition) is 0. The molecule has 0 N–H and O–H groups in total. The van der Waals surface area contributed by atoms with Crippen LogP contribution < -0.4 is 9.47 Å². The number of aromatic nitrogens is 2. The van der Waals surface area contributed by atoms with Crippen molar-refractivity contribution >= 4 is 22.6 Å². The average Bonchev–Trinajstić information content (AvgIpc) is 2.76. The lowest BCUT2D eigenvalue weighted by Crippen LogP contribution is -1.97. The summed E-state index contributed by atoms with van der Waals surface area (Å²) in [6, 6.07) is 3.82. The Morgan fingerprint density at radius 1 is 1.24 bits per heavy atom. The first-order valence-electron chi connectivity index (χ1n) is 5.43. The highest BCUT2D eigenvalue weighted by molar-refractivity contribution is 6.17. The van der Waals surface area contributed by atoms with Gasteiger partial charge in [-0.1, -0.05) is 0 Å². The summed E-state index contributed by atoms with van der Waals surface area (Å²) in [6.45, 7) is 0.857. The van der Waals surface area contributed by atoms with Crippen LogP contribution in [-0.4, -0.2) is 29.7 Å². The predicted molar refractivity (Wildman–Crippen MR) is 68.2 cm³/mol. The van der Waals surface area contributed by atoms with Gasteiger partial charge in [-0.05, 0) is 6.42 Å². The third kappa shape index (κ3) is 2.31. The number of aryl methyl sites for hydroxylation is 1. The molecule has 0 bridgehead atoms. The van der Waals surface area contributed by atoms with Crippen LogP contribution in [0.5, 0.6) is 11.5 Å². The normalized spacial score (nSPS) is 10.8. The van der Waals surface area contributed by atoms with Crippen LogP contribution in [0.3, 0.4) is 0 Å². The van der Waals surface area contributed by atoms with Gasteiger partial charge in [0.25, 0.3) is 0 Å². The molecule has 0 saturated heterocycles. The molecule has 0 radical (unpaired) electrons. The van der Waals surface area contributed by atoms with Crippen molar-refractivity contribution in [3.63, 3.8) is 0 Å². The number of ether oxygens (including phenoxy) is 2. The van der Waals surface area contributed by atoms with Crippen LogP contribution in [-0.2, 0) is 6.54 Å². The molecule has 1 aromatic carbocycles. The highest BCUT2D eigenvalue weighted by Crippen LogP contribution is 2.31. The van der Waals surface area contributed by atoms with Gasteiger partial charge in [0, 0.05) is 24.6 Å². The van der Waals surface area contributed by atoms with Crippen LogP contribution >= 0.6 is 11.6 Å². The third-order valence-corrected chi connectivity index (χ3v) is 2.93. The molecule has 0 aliphatic carbocycles. The zero-order valence-corrected chi connectivity index (χ0v) is 10.7. The average molecular weight is 255 g/mol. The number of halogens is 1. The number of nitrogens with zero attached hydrogens (tertiary/aromatic N) is 2. The van der Waals surface area contributed by atoms with E-state index in [4.69, 9.17) is 21.1 Å². The van der Waals surface area contributed by atoms with Crippen LogP contribution in [0, 0.1) is 0 Å². The van der Waals surface area contributed by atoms with Gasteiger partial charge in [-0.15, -0.1) is 11.6 Å². The highest BCUT2D eigenvalue weighted by Gasteiger charge is 2.09. The fourth-order valence-corrected chi connectivity index (χ4v) is 1.91. The van der Waals surface area contributed by atoms with E-state index < -0.39 is 0 Å². The number of methoxy groups -OCH3 is 2. The van der Waals surface area contributed by atoms with Gasteiger partial charge in [-0.2, -0.15) is 0 Å². The lowest BCUT2D eigenvalue weighted by molar-refractivity contribution is 0.355. The van der Waals surface area contributed by atoms with Crippen LogP contribution in [0.25, 0.3) is 11.0 Å². The molecule has 1 aromatic heterocycles. The zero-order valence-electron chi connectivity index (χ0n) is 9.94. The van der Waals surface area contributed by atoms with E-state index >= 15 is 0 Å². The summed E-state index contributed by atoms with van der Waals surface area (Å²) in [6.07, 6.45) is 2.73. The van der Waals surface area contributed by atoms with E-state index in [9.17, 15) is 0 Å². The van der Waals surface area contributed by atoms with E-state index in [-0.39, 0.29) is 0 Å². The van der Waals surface area contributed by atoms with Gasteiger partial charge in [0.1, 0.15) is 0 Å². The Hall–Kier alpha value is -1.42. The molecule has 0 saturated carbocycles. The highest BCUT2D eigenvalue weighted by atomic mass is 35.5. The fourth-order valence-electron chi connectivity index (χ4n) is 1.79. The Kier molecular flexibility index (Phi) is 3.74. The largest absolute Gasteiger partial charge is 0.493 e. The number of benzene rings is 1. The van der Waals surface area contributed by atoms with Gasteiger partial charge in [-0.25, -0.2) is 4.98 Å². The molecule has 0 unspecified atom stereocenters. The molecule has 1 heterocycles. The van der Waals surface area contributed by atoms with Crippen molar-refractivity contribution in [3.05, 3.63) is 18.5 Å². The summed E-state index contributed by atoms with van der Waals surface area (Å²) in [5.41, 5.74) is 1.94. The predicted octanol–water partition coefficient (Wildman–Crippen LogP) is 2.68. The topological polar surface area (TPSA) is 36.3 Å². The Labute approximate surface area is 105 Å². The molecule has 0 aliphatic rings. The zero-order chi connectivity index (χ0) is 12.3.